The minimum atomic E-state index is -0.0297. The lowest BCUT2D eigenvalue weighted by molar-refractivity contribution is 0.817. The number of rotatable bonds is 6. The van der Waals surface area contributed by atoms with E-state index in [1.165, 1.54) is 0 Å². The van der Waals surface area contributed by atoms with E-state index >= 15 is 0 Å². The Hall–Kier alpha value is -3.14. The van der Waals surface area contributed by atoms with Gasteiger partial charge in [-0.3, -0.25) is 9.20 Å². The minimum Gasteiger partial charge on any atom is -0.385 e. The van der Waals surface area contributed by atoms with Crippen LogP contribution in [-0.4, -0.2) is 15.9 Å². The van der Waals surface area contributed by atoms with E-state index in [-0.39, 0.29) is 5.56 Å². The molecule has 0 fully saturated rings. The number of allylic oxidation sites excluding steroid dienone is 1. The van der Waals surface area contributed by atoms with Crippen molar-refractivity contribution in [2.24, 2.45) is 0 Å². The second kappa shape index (κ2) is 7.85. The molecule has 0 bridgehead atoms. The first-order valence-electron chi connectivity index (χ1n) is 10.0. The second-order valence-electron chi connectivity index (χ2n) is 7.08. The summed E-state index contributed by atoms with van der Waals surface area (Å²) in [5.74, 6) is 0. The van der Waals surface area contributed by atoms with E-state index in [1.807, 2.05) is 42.5 Å². The number of nitrogens with one attached hydrogen (secondary N) is 1. The molecule has 0 saturated heterocycles. The maximum Gasteiger partial charge on any atom is 0.265 e. The van der Waals surface area contributed by atoms with Gasteiger partial charge < -0.3 is 5.32 Å². The van der Waals surface area contributed by atoms with Crippen LogP contribution in [0.2, 0.25) is 0 Å². The van der Waals surface area contributed by atoms with Crippen molar-refractivity contribution in [3.8, 4) is 0 Å². The fourth-order valence-corrected chi connectivity index (χ4v) is 3.55. The van der Waals surface area contributed by atoms with Gasteiger partial charge in [0.25, 0.3) is 5.56 Å². The lowest BCUT2D eigenvalue weighted by atomic mass is 10.1. The lowest BCUT2D eigenvalue weighted by Gasteiger charge is -2.14. The molecule has 1 N–H and O–H groups in total. The highest BCUT2D eigenvalue weighted by Crippen LogP contribution is 2.23. The van der Waals surface area contributed by atoms with E-state index in [4.69, 9.17) is 4.98 Å². The van der Waals surface area contributed by atoms with Gasteiger partial charge in [-0.25, -0.2) is 4.98 Å². The summed E-state index contributed by atoms with van der Waals surface area (Å²) in [5.41, 5.74) is 3.42. The third-order valence-electron chi connectivity index (χ3n) is 5.00. The normalized spacial score (nSPS) is 12.1. The van der Waals surface area contributed by atoms with Gasteiger partial charge in [-0.15, -0.1) is 0 Å². The van der Waals surface area contributed by atoms with Crippen LogP contribution in [0.1, 0.15) is 38.7 Å². The molecule has 142 valence electrons. The standard InChI is InChI=1S/C24H25N3O/c1-3-5-12-21(25-13-4-2)19-11-8-14-27-23(19)26-22-16-18-10-7-6-9-17(18)15-20(22)24(27)28/h6-12,14-16,25H,3-5,13H2,1-2H3/b21-12+. The summed E-state index contributed by atoms with van der Waals surface area (Å²) in [4.78, 5) is 18.1. The Kier molecular flexibility index (Phi) is 5.11. The van der Waals surface area contributed by atoms with Crippen molar-refractivity contribution < 1.29 is 0 Å². The minimum absolute atomic E-state index is 0.0297. The van der Waals surface area contributed by atoms with Crippen LogP contribution in [0.25, 0.3) is 33.0 Å². The van der Waals surface area contributed by atoms with Crippen molar-refractivity contribution in [1.29, 1.82) is 0 Å². The van der Waals surface area contributed by atoms with Crippen molar-refractivity contribution >= 4 is 33.0 Å². The van der Waals surface area contributed by atoms with Crippen LogP contribution in [0.5, 0.6) is 0 Å². The van der Waals surface area contributed by atoms with Crippen LogP contribution in [-0.2, 0) is 0 Å². The molecule has 0 unspecified atom stereocenters. The zero-order valence-corrected chi connectivity index (χ0v) is 16.4. The number of hydrogen-bond acceptors (Lipinski definition) is 3. The molecule has 4 heteroatoms. The van der Waals surface area contributed by atoms with Gasteiger partial charge in [0.15, 0.2) is 0 Å². The van der Waals surface area contributed by atoms with Gasteiger partial charge in [-0.2, -0.15) is 0 Å². The molecule has 2 aromatic heterocycles. The summed E-state index contributed by atoms with van der Waals surface area (Å²) in [6.07, 6.45) is 7.11. The monoisotopic (exact) mass is 371 g/mol. The van der Waals surface area contributed by atoms with Gasteiger partial charge >= 0.3 is 0 Å². The molecule has 0 atom stereocenters. The Bertz CT molecular complexity index is 1240. The number of unbranched alkanes of at least 4 members (excludes halogenated alkanes) is 1. The predicted octanol–water partition coefficient (Wildman–Crippen LogP) is 5.14. The number of nitrogens with zero attached hydrogens (tertiary/aromatic N) is 2. The van der Waals surface area contributed by atoms with Crippen molar-refractivity contribution in [1.82, 2.24) is 14.7 Å². The van der Waals surface area contributed by atoms with E-state index in [0.29, 0.717) is 11.0 Å². The Morgan fingerprint density at radius 2 is 1.86 bits per heavy atom. The van der Waals surface area contributed by atoms with Gasteiger partial charge in [0.2, 0.25) is 0 Å². The number of aromatic nitrogens is 2. The van der Waals surface area contributed by atoms with E-state index in [2.05, 4.69) is 31.3 Å². The molecule has 0 aliphatic heterocycles. The molecule has 28 heavy (non-hydrogen) atoms. The summed E-state index contributed by atoms with van der Waals surface area (Å²) in [6.45, 7) is 5.20. The maximum absolute atomic E-state index is 13.2. The Morgan fingerprint density at radius 1 is 1.07 bits per heavy atom. The third kappa shape index (κ3) is 3.26. The molecule has 2 heterocycles. The molecule has 4 rings (SSSR count). The van der Waals surface area contributed by atoms with Crippen LogP contribution in [0, 0.1) is 0 Å². The largest absolute Gasteiger partial charge is 0.385 e. The summed E-state index contributed by atoms with van der Waals surface area (Å²) in [5, 5.41) is 6.31. The van der Waals surface area contributed by atoms with Gasteiger partial charge in [-0.1, -0.05) is 50.6 Å². The van der Waals surface area contributed by atoms with E-state index < -0.39 is 0 Å². The van der Waals surface area contributed by atoms with Crippen molar-refractivity contribution in [3.63, 3.8) is 0 Å². The summed E-state index contributed by atoms with van der Waals surface area (Å²) < 4.78 is 1.67. The molecule has 0 amide bonds. The van der Waals surface area contributed by atoms with Crippen LogP contribution in [0.4, 0.5) is 0 Å². The molecule has 0 aliphatic carbocycles. The molecule has 0 spiro atoms. The molecule has 0 radical (unpaired) electrons. The molecular formula is C24H25N3O. The summed E-state index contributed by atoms with van der Waals surface area (Å²) in [7, 11) is 0. The Morgan fingerprint density at radius 3 is 2.61 bits per heavy atom. The topological polar surface area (TPSA) is 46.4 Å². The first-order valence-corrected chi connectivity index (χ1v) is 10.0. The van der Waals surface area contributed by atoms with Gasteiger partial charge in [0.05, 0.1) is 10.9 Å². The van der Waals surface area contributed by atoms with Crippen molar-refractivity contribution in [2.75, 3.05) is 6.54 Å². The van der Waals surface area contributed by atoms with Crippen LogP contribution < -0.4 is 10.9 Å². The zero-order chi connectivity index (χ0) is 19.5. The number of fused-ring (bicyclic) bond motifs is 3. The molecular weight excluding hydrogens is 346 g/mol. The van der Waals surface area contributed by atoms with Crippen molar-refractivity contribution in [2.45, 2.75) is 33.1 Å². The molecule has 4 aromatic rings. The quantitative estimate of drug-likeness (QED) is 0.477. The maximum atomic E-state index is 13.2. The first kappa shape index (κ1) is 18.2. The van der Waals surface area contributed by atoms with E-state index in [1.54, 1.807) is 10.6 Å². The van der Waals surface area contributed by atoms with Crippen LogP contribution >= 0.6 is 0 Å². The highest BCUT2D eigenvalue weighted by molar-refractivity contribution is 5.97. The van der Waals surface area contributed by atoms with Gasteiger partial charge in [0, 0.05) is 24.0 Å². The van der Waals surface area contributed by atoms with Crippen LogP contribution in [0.15, 0.2) is 65.6 Å². The fraction of sp³-hybridized carbons (Fsp3) is 0.250. The molecule has 2 aromatic carbocycles. The third-order valence-corrected chi connectivity index (χ3v) is 5.00. The highest BCUT2D eigenvalue weighted by atomic mass is 16.1. The number of hydrogen-bond donors (Lipinski definition) is 1. The summed E-state index contributed by atoms with van der Waals surface area (Å²) in [6, 6.07) is 16.0. The first-order chi connectivity index (χ1) is 13.7. The highest BCUT2D eigenvalue weighted by Gasteiger charge is 2.12. The second-order valence-corrected chi connectivity index (χ2v) is 7.08. The summed E-state index contributed by atoms with van der Waals surface area (Å²) >= 11 is 0. The van der Waals surface area contributed by atoms with Crippen molar-refractivity contribution in [3.05, 3.63) is 76.7 Å². The molecule has 0 aliphatic rings. The van der Waals surface area contributed by atoms with Crippen LogP contribution in [0.3, 0.4) is 0 Å². The van der Waals surface area contributed by atoms with Gasteiger partial charge in [-0.05, 0) is 47.9 Å². The average Bonchev–Trinajstić information content (AvgIpc) is 2.73. The Balaban J connectivity index is 2.00. The average molecular weight is 371 g/mol. The van der Waals surface area contributed by atoms with E-state index in [9.17, 15) is 4.79 Å². The SMILES string of the molecule is CCC/C=C(/NCCC)c1cccn2c(=O)c3cc4ccccc4cc3nc12. The number of benzene rings is 2. The number of pyridine rings is 1. The van der Waals surface area contributed by atoms with E-state index in [0.717, 1.165) is 53.4 Å². The molecule has 0 saturated carbocycles. The Labute approximate surface area is 164 Å². The predicted molar refractivity (Wildman–Crippen MR) is 118 cm³/mol. The lowest BCUT2D eigenvalue weighted by Crippen LogP contribution is -2.19. The zero-order valence-electron chi connectivity index (χ0n) is 16.4. The smallest absolute Gasteiger partial charge is 0.265 e. The molecule has 4 nitrogen and oxygen atoms in total. The fourth-order valence-electron chi connectivity index (χ4n) is 3.55. The van der Waals surface area contributed by atoms with Gasteiger partial charge in [0.1, 0.15) is 5.65 Å².